The van der Waals surface area contributed by atoms with E-state index in [0.29, 0.717) is 0 Å². The Hall–Kier alpha value is -2.47. The Morgan fingerprint density at radius 1 is 1.15 bits per heavy atom. The molecule has 1 aliphatic rings. The first-order valence-corrected chi connectivity index (χ1v) is 9.84. The lowest BCUT2D eigenvalue weighted by molar-refractivity contribution is 0.102. The molecule has 1 N–H and O–H groups in total. The number of aromatic nitrogens is 3. The normalized spacial score (nSPS) is 13.9. The van der Waals surface area contributed by atoms with Crippen LogP contribution < -0.4 is 5.32 Å². The molecule has 3 heterocycles. The summed E-state index contributed by atoms with van der Waals surface area (Å²) in [5.74, 6) is 1.89. The van der Waals surface area contributed by atoms with Gasteiger partial charge in [-0.2, -0.15) is 0 Å². The van der Waals surface area contributed by atoms with Crippen LogP contribution in [0.15, 0.2) is 30.3 Å². The Morgan fingerprint density at radius 3 is 2.85 bits per heavy atom. The van der Waals surface area contributed by atoms with Crippen molar-refractivity contribution in [2.24, 2.45) is 0 Å². The molecule has 5 nitrogen and oxygen atoms in total. The number of rotatable bonds is 3. The highest BCUT2D eigenvalue weighted by Crippen LogP contribution is 2.26. The fourth-order valence-corrected chi connectivity index (χ4v) is 4.41. The zero-order valence-electron chi connectivity index (χ0n) is 15.1. The van der Waals surface area contributed by atoms with Crippen LogP contribution in [0.3, 0.4) is 0 Å². The van der Waals surface area contributed by atoms with Gasteiger partial charge in [0.25, 0.3) is 5.91 Å². The molecule has 26 heavy (non-hydrogen) atoms. The van der Waals surface area contributed by atoms with E-state index in [1.165, 1.54) is 12.8 Å². The number of thiophene rings is 1. The standard InChI is InChI=1S/C20H22N4OS/c1-13-11-17(14(2)26-13)20(25)21-16-8-6-7-15(12-16)19-23-22-18-9-4-3-5-10-24(18)19/h6-8,11-12H,3-5,9-10H2,1-2H3,(H,21,25). The van der Waals surface area contributed by atoms with Crippen molar-refractivity contribution >= 4 is 22.9 Å². The van der Waals surface area contributed by atoms with Gasteiger partial charge in [0, 0.05) is 34.0 Å². The number of amides is 1. The maximum absolute atomic E-state index is 12.6. The van der Waals surface area contributed by atoms with E-state index in [0.717, 1.165) is 57.6 Å². The minimum atomic E-state index is -0.0657. The van der Waals surface area contributed by atoms with E-state index in [-0.39, 0.29) is 5.91 Å². The highest BCUT2D eigenvalue weighted by molar-refractivity contribution is 7.12. The smallest absolute Gasteiger partial charge is 0.256 e. The van der Waals surface area contributed by atoms with Crippen molar-refractivity contribution in [3.63, 3.8) is 0 Å². The van der Waals surface area contributed by atoms with E-state index in [1.807, 2.05) is 44.2 Å². The fourth-order valence-electron chi connectivity index (χ4n) is 3.49. The average Bonchev–Trinajstić information content (AvgIpc) is 3.09. The molecule has 1 aliphatic heterocycles. The second kappa shape index (κ2) is 7.03. The minimum absolute atomic E-state index is 0.0657. The van der Waals surface area contributed by atoms with Crippen LogP contribution in [0.4, 0.5) is 5.69 Å². The van der Waals surface area contributed by atoms with Gasteiger partial charge in [0.1, 0.15) is 5.82 Å². The molecule has 0 spiro atoms. The lowest BCUT2D eigenvalue weighted by Crippen LogP contribution is -2.12. The molecule has 4 rings (SSSR count). The molecule has 0 unspecified atom stereocenters. The number of aryl methyl sites for hydroxylation is 3. The molecule has 6 heteroatoms. The second-order valence-electron chi connectivity index (χ2n) is 6.76. The Bertz CT molecular complexity index is 957. The molecule has 1 amide bonds. The minimum Gasteiger partial charge on any atom is -0.322 e. The Kier molecular flexibility index (Phi) is 4.59. The maximum Gasteiger partial charge on any atom is 0.256 e. The molecule has 0 saturated heterocycles. The van der Waals surface area contributed by atoms with E-state index >= 15 is 0 Å². The van der Waals surface area contributed by atoms with Crippen LogP contribution in [0.1, 0.15) is 45.2 Å². The van der Waals surface area contributed by atoms with Crippen LogP contribution >= 0.6 is 11.3 Å². The fraction of sp³-hybridized carbons (Fsp3) is 0.350. The molecule has 2 aromatic heterocycles. The van der Waals surface area contributed by atoms with Gasteiger partial charge in [0.05, 0.1) is 5.56 Å². The summed E-state index contributed by atoms with van der Waals surface area (Å²) in [5, 5.41) is 11.8. The van der Waals surface area contributed by atoms with Crippen LogP contribution in [0.2, 0.25) is 0 Å². The molecule has 134 valence electrons. The van der Waals surface area contributed by atoms with Gasteiger partial charge in [-0.05, 0) is 44.9 Å². The van der Waals surface area contributed by atoms with Crippen molar-refractivity contribution < 1.29 is 4.79 Å². The maximum atomic E-state index is 12.6. The number of benzene rings is 1. The summed E-state index contributed by atoms with van der Waals surface area (Å²) < 4.78 is 2.22. The molecule has 0 atom stereocenters. The lowest BCUT2D eigenvalue weighted by atomic mass is 10.1. The Labute approximate surface area is 157 Å². The number of fused-ring (bicyclic) bond motifs is 1. The largest absolute Gasteiger partial charge is 0.322 e. The van der Waals surface area contributed by atoms with E-state index in [9.17, 15) is 4.79 Å². The monoisotopic (exact) mass is 366 g/mol. The summed E-state index contributed by atoms with van der Waals surface area (Å²) >= 11 is 1.64. The summed E-state index contributed by atoms with van der Waals surface area (Å²) in [6.45, 7) is 4.96. The van der Waals surface area contributed by atoms with Gasteiger partial charge in [0.2, 0.25) is 0 Å². The van der Waals surface area contributed by atoms with Gasteiger partial charge in [-0.25, -0.2) is 0 Å². The number of carbonyl (C=O) groups is 1. The predicted octanol–water partition coefficient (Wildman–Crippen LogP) is 4.60. The Balaban J connectivity index is 1.60. The van der Waals surface area contributed by atoms with E-state index < -0.39 is 0 Å². The Morgan fingerprint density at radius 2 is 2.04 bits per heavy atom. The third-order valence-corrected chi connectivity index (χ3v) is 5.74. The van der Waals surface area contributed by atoms with Gasteiger partial charge >= 0.3 is 0 Å². The van der Waals surface area contributed by atoms with Crippen LogP contribution in [-0.4, -0.2) is 20.7 Å². The van der Waals surface area contributed by atoms with Crippen LogP contribution in [0.25, 0.3) is 11.4 Å². The van der Waals surface area contributed by atoms with Gasteiger partial charge < -0.3 is 9.88 Å². The van der Waals surface area contributed by atoms with Crippen LogP contribution in [0.5, 0.6) is 0 Å². The van der Waals surface area contributed by atoms with Crippen molar-refractivity contribution in [2.75, 3.05) is 5.32 Å². The number of anilines is 1. The first kappa shape index (κ1) is 17.0. The molecule has 0 saturated carbocycles. The van der Waals surface area contributed by atoms with Crippen molar-refractivity contribution in [3.8, 4) is 11.4 Å². The summed E-state index contributed by atoms with van der Waals surface area (Å²) in [5.41, 5.74) is 2.51. The van der Waals surface area contributed by atoms with Crippen LogP contribution in [-0.2, 0) is 13.0 Å². The molecule has 0 fully saturated rings. The SMILES string of the molecule is Cc1cc(C(=O)Nc2cccc(-c3nnc4n3CCCCC4)c2)c(C)s1. The van der Waals surface area contributed by atoms with E-state index in [1.54, 1.807) is 11.3 Å². The molecule has 1 aromatic carbocycles. The molecular weight excluding hydrogens is 344 g/mol. The van der Waals surface area contributed by atoms with Gasteiger partial charge in [0.15, 0.2) is 5.82 Å². The zero-order chi connectivity index (χ0) is 18.1. The topological polar surface area (TPSA) is 59.8 Å². The second-order valence-corrected chi connectivity index (χ2v) is 8.22. The van der Waals surface area contributed by atoms with Gasteiger partial charge in [-0.3, -0.25) is 4.79 Å². The first-order chi connectivity index (χ1) is 12.6. The first-order valence-electron chi connectivity index (χ1n) is 9.03. The molecule has 0 aliphatic carbocycles. The van der Waals surface area contributed by atoms with Crippen LogP contribution in [0, 0.1) is 13.8 Å². The third-order valence-electron chi connectivity index (χ3n) is 4.77. The summed E-state index contributed by atoms with van der Waals surface area (Å²) in [7, 11) is 0. The highest BCUT2D eigenvalue weighted by Gasteiger charge is 2.17. The number of hydrogen-bond acceptors (Lipinski definition) is 4. The average molecular weight is 366 g/mol. The number of hydrogen-bond donors (Lipinski definition) is 1. The van der Waals surface area contributed by atoms with Crippen molar-refractivity contribution in [1.82, 2.24) is 14.8 Å². The summed E-state index contributed by atoms with van der Waals surface area (Å²) in [6, 6.07) is 9.81. The predicted molar refractivity (Wildman–Crippen MR) is 105 cm³/mol. The van der Waals surface area contributed by atoms with E-state index in [4.69, 9.17) is 0 Å². The molecule has 0 bridgehead atoms. The number of nitrogens with one attached hydrogen (secondary N) is 1. The third kappa shape index (κ3) is 3.29. The molecule has 3 aromatic rings. The number of carbonyl (C=O) groups excluding carboxylic acids is 1. The molecule has 0 radical (unpaired) electrons. The summed E-state index contributed by atoms with van der Waals surface area (Å²) in [6.07, 6.45) is 4.55. The highest BCUT2D eigenvalue weighted by atomic mass is 32.1. The van der Waals surface area contributed by atoms with Crippen molar-refractivity contribution in [2.45, 2.75) is 46.1 Å². The summed E-state index contributed by atoms with van der Waals surface area (Å²) in [4.78, 5) is 14.8. The lowest BCUT2D eigenvalue weighted by Gasteiger charge is -2.09. The van der Waals surface area contributed by atoms with Gasteiger partial charge in [-0.1, -0.05) is 18.6 Å². The van der Waals surface area contributed by atoms with Crippen molar-refractivity contribution in [1.29, 1.82) is 0 Å². The van der Waals surface area contributed by atoms with E-state index in [2.05, 4.69) is 20.1 Å². The quantitative estimate of drug-likeness (QED) is 0.737. The number of nitrogens with zero attached hydrogens (tertiary/aromatic N) is 3. The van der Waals surface area contributed by atoms with Crippen molar-refractivity contribution in [3.05, 3.63) is 51.5 Å². The van der Waals surface area contributed by atoms with Gasteiger partial charge in [-0.15, -0.1) is 21.5 Å². The molecular formula is C20H22N4OS. The zero-order valence-corrected chi connectivity index (χ0v) is 15.9.